The number of phenolic OH excluding ortho intramolecular Hbond substituents is 2. The number of rotatable bonds is 2. The second-order valence-corrected chi connectivity index (χ2v) is 5.87. The molecule has 1 fully saturated rings. The van der Waals surface area contributed by atoms with Gasteiger partial charge in [-0.1, -0.05) is 6.07 Å². The minimum atomic E-state index is -0.648. The van der Waals surface area contributed by atoms with Crippen molar-refractivity contribution in [1.82, 2.24) is 10.2 Å². The number of nitrogens with zero attached hydrogens (tertiary/aromatic N) is 1. The summed E-state index contributed by atoms with van der Waals surface area (Å²) in [5.41, 5.74) is 0.0854. The van der Waals surface area contributed by atoms with Gasteiger partial charge in [0, 0.05) is 12.0 Å². The fourth-order valence-electron chi connectivity index (χ4n) is 2.24. The van der Waals surface area contributed by atoms with Crippen LogP contribution in [0.25, 0.3) is 0 Å². The van der Waals surface area contributed by atoms with E-state index in [2.05, 4.69) is 5.32 Å². The van der Waals surface area contributed by atoms with Gasteiger partial charge in [-0.3, -0.25) is 9.69 Å². The van der Waals surface area contributed by atoms with Crippen molar-refractivity contribution in [2.45, 2.75) is 38.8 Å². The molecule has 0 radical (unpaired) electrons. The molecule has 2 rings (SSSR count). The molecule has 1 unspecified atom stereocenters. The van der Waals surface area contributed by atoms with Gasteiger partial charge < -0.3 is 15.5 Å². The molecule has 0 aliphatic carbocycles. The van der Waals surface area contributed by atoms with Crippen LogP contribution in [0.3, 0.4) is 0 Å². The third-order valence-corrected chi connectivity index (χ3v) is 3.17. The average Bonchev–Trinajstić information content (AvgIpc) is 2.58. The molecule has 1 aromatic rings. The van der Waals surface area contributed by atoms with Crippen molar-refractivity contribution in [3.63, 3.8) is 0 Å². The molecule has 1 aliphatic rings. The number of carbonyl (C=O) groups is 2. The van der Waals surface area contributed by atoms with Crippen molar-refractivity contribution in [2.75, 3.05) is 0 Å². The van der Waals surface area contributed by atoms with Gasteiger partial charge >= 0.3 is 6.03 Å². The van der Waals surface area contributed by atoms with Gasteiger partial charge in [0.2, 0.25) is 0 Å². The number of phenols is 2. The molecule has 0 saturated carbocycles. The molecule has 1 atom stereocenters. The van der Waals surface area contributed by atoms with E-state index < -0.39 is 17.6 Å². The first-order chi connectivity index (χ1) is 9.20. The van der Waals surface area contributed by atoms with E-state index >= 15 is 0 Å². The van der Waals surface area contributed by atoms with Crippen LogP contribution in [0.5, 0.6) is 11.5 Å². The topological polar surface area (TPSA) is 89.9 Å². The second kappa shape index (κ2) is 4.70. The third kappa shape index (κ3) is 2.54. The number of urea groups is 1. The first kappa shape index (κ1) is 14.2. The van der Waals surface area contributed by atoms with Crippen LogP contribution in [0.1, 0.15) is 26.3 Å². The summed E-state index contributed by atoms with van der Waals surface area (Å²) in [7, 11) is 0. The van der Waals surface area contributed by atoms with Gasteiger partial charge in [0.05, 0.1) is 0 Å². The van der Waals surface area contributed by atoms with Gasteiger partial charge in [0.1, 0.15) is 6.04 Å². The van der Waals surface area contributed by atoms with Gasteiger partial charge in [-0.15, -0.1) is 0 Å². The van der Waals surface area contributed by atoms with Crippen molar-refractivity contribution in [2.24, 2.45) is 0 Å². The number of nitrogens with one attached hydrogen (secondary N) is 1. The van der Waals surface area contributed by atoms with Gasteiger partial charge in [0.25, 0.3) is 5.91 Å². The third-order valence-electron chi connectivity index (χ3n) is 3.17. The smallest absolute Gasteiger partial charge is 0.325 e. The number of benzene rings is 1. The molecule has 1 heterocycles. The molecular weight excluding hydrogens is 260 g/mol. The number of hydrogen-bond acceptors (Lipinski definition) is 4. The van der Waals surface area contributed by atoms with E-state index in [1.54, 1.807) is 26.8 Å². The largest absolute Gasteiger partial charge is 0.504 e. The predicted octanol–water partition coefficient (Wildman–Crippen LogP) is 1.36. The fourth-order valence-corrected chi connectivity index (χ4v) is 2.24. The van der Waals surface area contributed by atoms with E-state index in [0.29, 0.717) is 5.56 Å². The Morgan fingerprint density at radius 2 is 1.85 bits per heavy atom. The number of hydrogen-bond donors (Lipinski definition) is 3. The van der Waals surface area contributed by atoms with E-state index in [4.69, 9.17) is 0 Å². The molecule has 6 nitrogen and oxygen atoms in total. The minimum absolute atomic E-state index is 0.216. The lowest BCUT2D eigenvalue weighted by atomic mass is 10.0. The summed E-state index contributed by atoms with van der Waals surface area (Å²) in [6.07, 6.45) is 0.269. The van der Waals surface area contributed by atoms with E-state index in [0.717, 1.165) is 0 Å². The molecule has 1 aromatic carbocycles. The van der Waals surface area contributed by atoms with Crippen LogP contribution in [-0.4, -0.2) is 38.6 Å². The number of aromatic hydroxyl groups is 2. The number of amides is 3. The Hall–Kier alpha value is -2.24. The van der Waals surface area contributed by atoms with Crippen LogP contribution in [0.2, 0.25) is 0 Å². The zero-order valence-corrected chi connectivity index (χ0v) is 11.7. The van der Waals surface area contributed by atoms with Gasteiger partial charge in [-0.2, -0.15) is 0 Å². The molecule has 0 aromatic heterocycles. The lowest BCUT2D eigenvalue weighted by molar-refractivity contribution is -0.130. The van der Waals surface area contributed by atoms with Crippen LogP contribution >= 0.6 is 0 Å². The molecule has 3 amide bonds. The van der Waals surface area contributed by atoms with E-state index in [1.165, 1.54) is 17.0 Å². The Labute approximate surface area is 117 Å². The fraction of sp³-hybridized carbons (Fsp3) is 0.429. The van der Waals surface area contributed by atoms with Crippen LogP contribution in [-0.2, 0) is 11.2 Å². The van der Waals surface area contributed by atoms with Gasteiger partial charge in [0.15, 0.2) is 11.5 Å². The minimum Gasteiger partial charge on any atom is -0.504 e. The average molecular weight is 278 g/mol. The zero-order valence-electron chi connectivity index (χ0n) is 11.7. The van der Waals surface area contributed by atoms with E-state index in [9.17, 15) is 19.8 Å². The Morgan fingerprint density at radius 1 is 1.20 bits per heavy atom. The van der Waals surface area contributed by atoms with Crippen molar-refractivity contribution >= 4 is 11.9 Å². The molecule has 108 valence electrons. The Balaban J connectivity index is 2.17. The first-order valence-electron chi connectivity index (χ1n) is 6.35. The molecular formula is C14H18N2O4. The van der Waals surface area contributed by atoms with Crippen LogP contribution in [0, 0.1) is 0 Å². The Bertz CT molecular complexity index is 563. The van der Waals surface area contributed by atoms with Gasteiger partial charge in [-0.05, 0) is 38.5 Å². The highest BCUT2D eigenvalue weighted by Crippen LogP contribution is 2.27. The zero-order chi connectivity index (χ0) is 15.1. The highest BCUT2D eigenvalue weighted by Gasteiger charge is 2.43. The van der Waals surface area contributed by atoms with Crippen LogP contribution in [0.4, 0.5) is 4.79 Å². The van der Waals surface area contributed by atoms with E-state index in [-0.39, 0.29) is 23.8 Å². The Morgan fingerprint density at radius 3 is 2.35 bits per heavy atom. The van der Waals surface area contributed by atoms with Gasteiger partial charge in [-0.25, -0.2) is 4.79 Å². The highest BCUT2D eigenvalue weighted by molar-refractivity contribution is 6.05. The maximum Gasteiger partial charge on any atom is 0.325 e. The summed E-state index contributed by atoms with van der Waals surface area (Å²) >= 11 is 0. The van der Waals surface area contributed by atoms with Crippen LogP contribution < -0.4 is 5.32 Å². The quantitative estimate of drug-likeness (QED) is 0.563. The SMILES string of the molecule is CC(C)(C)N1C(=O)NC(Cc2ccc(O)c(O)c2)C1=O. The summed E-state index contributed by atoms with van der Waals surface area (Å²) in [6.45, 7) is 5.37. The highest BCUT2D eigenvalue weighted by atomic mass is 16.3. The van der Waals surface area contributed by atoms with Crippen LogP contribution in [0.15, 0.2) is 18.2 Å². The lowest BCUT2D eigenvalue weighted by Crippen LogP contribution is -2.46. The normalized spacial score (nSPS) is 19.4. The summed E-state index contributed by atoms with van der Waals surface area (Å²) in [6, 6.07) is 3.29. The summed E-state index contributed by atoms with van der Waals surface area (Å²) < 4.78 is 0. The molecule has 20 heavy (non-hydrogen) atoms. The van der Waals surface area contributed by atoms with Crippen molar-refractivity contribution in [3.8, 4) is 11.5 Å². The molecule has 1 aliphatic heterocycles. The predicted molar refractivity (Wildman–Crippen MR) is 72.4 cm³/mol. The maximum atomic E-state index is 12.2. The standard InChI is InChI=1S/C14H18N2O4/c1-14(2,3)16-12(19)9(15-13(16)20)6-8-4-5-10(17)11(18)7-8/h4-5,7,9,17-18H,6H2,1-3H3,(H,15,20). The molecule has 6 heteroatoms. The molecule has 3 N–H and O–H groups in total. The lowest BCUT2D eigenvalue weighted by Gasteiger charge is -2.28. The molecule has 0 bridgehead atoms. The van der Waals surface area contributed by atoms with Crippen molar-refractivity contribution < 1.29 is 19.8 Å². The Kier molecular flexibility index (Phi) is 3.33. The van der Waals surface area contributed by atoms with Crippen molar-refractivity contribution in [1.29, 1.82) is 0 Å². The second-order valence-electron chi connectivity index (χ2n) is 5.87. The monoisotopic (exact) mass is 278 g/mol. The summed E-state index contributed by atoms with van der Waals surface area (Å²) in [5.74, 6) is -0.742. The maximum absolute atomic E-state index is 12.2. The summed E-state index contributed by atoms with van der Waals surface area (Å²) in [4.78, 5) is 25.3. The summed E-state index contributed by atoms with van der Waals surface area (Å²) in [5, 5.41) is 21.3. The number of carbonyl (C=O) groups excluding carboxylic acids is 2. The number of imide groups is 1. The van der Waals surface area contributed by atoms with E-state index in [1.807, 2.05) is 0 Å². The molecule has 1 saturated heterocycles. The first-order valence-corrected chi connectivity index (χ1v) is 6.35. The molecule has 0 spiro atoms. The van der Waals surface area contributed by atoms with Crippen molar-refractivity contribution in [3.05, 3.63) is 23.8 Å².